The molecule has 0 radical (unpaired) electrons. The van der Waals surface area contributed by atoms with Crippen molar-refractivity contribution < 1.29 is 13.2 Å². The molecule has 0 aromatic heterocycles. The first kappa shape index (κ1) is 21.1. The number of nitrogens with zero attached hydrogens (tertiary/aromatic N) is 2. The molecule has 6 nitrogen and oxygen atoms in total. The third-order valence-electron chi connectivity index (χ3n) is 6.19. The fraction of sp³-hybridized carbons (Fsp3) is 0.619. The monoisotopic (exact) mass is 439 g/mol. The molecule has 2 heterocycles. The van der Waals surface area contributed by atoms with E-state index in [1.807, 2.05) is 6.07 Å². The van der Waals surface area contributed by atoms with Gasteiger partial charge in [0.05, 0.1) is 23.8 Å². The Morgan fingerprint density at radius 3 is 2.86 bits per heavy atom. The van der Waals surface area contributed by atoms with Crippen molar-refractivity contribution in [2.45, 2.75) is 55.7 Å². The summed E-state index contributed by atoms with van der Waals surface area (Å²) in [5.74, 6) is 0. The zero-order valence-electron chi connectivity index (χ0n) is 16.9. The minimum atomic E-state index is -3.69. The number of sulfonamides is 1. The van der Waals surface area contributed by atoms with E-state index in [1.54, 1.807) is 16.4 Å². The highest BCUT2D eigenvalue weighted by molar-refractivity contribution is 7.89. The van der Waals surface area contributed by atoms with Crippen molar-refractivity contribution in [2.75, 3.05) is 38.1 Å². The number of nitrogens with one attached hydrogen (secondary N) is 1. The number of hydrogen-bond acceptors (Lipinski definition) is 5. The maximum absolute atomic E-state index is 13.5. The average molecular weight is 440 g/mol. The van der Waals surface area contributed by atoms with Crippen molar-refractivity contribution >= 4 is 27.3 Å². The van der Waals surface area contributed by atoms with Gasteiger partial charge < -0.3 is 15.0 Å². The highest BCUT2D eigenvalue weighted by Gasteiger charge is 2.43. The van der Waals surface area contributed by atoms with Gasteiger partial charge in [0.15, 0.2) is 0 Å². The van der Waals surface area contributed by atoms with E-state index < -0.39 is 10.0 Å². The Bertz CT molecular complexity index is 861. The summed E-state index contributed by atoms with van der Waals surface area (Å²) in [5, 5.41) is 3.70. The van der Waals surface area contributed by atoms with Gasteiger partial charge in [-0.2, -0.15) is 4.31 Å². The van der Waals surface area contributed by atoms with Crippen molar-refractivity contribution in [3.8, 4) is 0 Å². The number of fused-ring (bicyclic) bond motifs is 1. The molecule has 1 aromatic rings. The molecule has 0 amide bonds. The summed E-state index contributed by atoms with van der Waals surface area (Å²) < 4.78 is 34.5. The maximum atomic E-state index is 13.5. The highest BCUT2D eigenvalue weighted by Crippen LogP contribution is 2.33. The number of anilines is 1. The van der Waals surface area contributed by atoms with E-state index in [2.05, 4.69) is 29.3 Å². The van der Waals surface area contributed by atoms with Crippen LogP contribution in [0.3, 0.4) is 0 Å². The van der Waals surface area contributed by atoms with Crippen LogP contribution in [0.1, 0.15) is 32.6 Å². The fourth-order valence-electron chi connectivity index (χ4n) is 4.56. The van der Waals surface area contributed by atoms with Crippen LogP contribution in [0.5, 0.6) is 0 Å². The van der Waals surface area contributed by atoms with E-state index in [4.69, 9.17) is 16.3 Å². The second-order valence-electron chi connectivity index (χ2n) is 8.03. The molecular formula is C21H30ClN3O3S. The van der Waals surface area contributed by atoms with Gasteiger partial charge in [-0.3, -0.25) is 0 Å². The van der Waals surface area contributed by atoms with E-state index in [0.29, 0.717) is 19.7 Å². The fourth-order valence-corrected chi connectivity index (χ4v) is 6.71. The van der Waals surface area contributed by atoms with Crippen LogP contribution in [-0.4, -0.2) is 68.6 Å². The standard InChI is InChI=1S/C21H30ClN3O3S/c1-2-24-11-10-20-19(15-24)25(12-13-28-20)29(26,27)21-9-8-17(14-18(21)22)23-16-6-4-3-5-7-16/h4,6,8-9,14,16,19-20,23H,2-3,5,7,10-13,15H2,1H3/t16?,19-,20+/m1/s1. The van der Waals surface area contributed by atoms with Gasteiger partial charge in [-0.05, 0) is 50.4 Å². The maximum Gasteiger partial charge on any atom is 0.245 e. The first-order chi connectivity index (χ1) is 14.0. The first-order valence-electron chi connectivity index (χ1n) is 10.6. The van der Waals surface area contributed by atoms with Crippen molar-refractivity contribution in [2.24, 2.45) is 0 Å². The van der Waals surface area contributed by atoms with Crippen LogP contribution in [-0.2, 0) is 14.8 Å². The molecular weight excluding hydrogens is 410 g/mol. The first-order valence-corrected chi connectivity index (χ1v) is 12.4. The number of rotatable bonds is 5. The Hall–Kier alpha value is -1.12. The molecule has 1 aromatic carbocycles. The predicted molar refractivity (Wildman–Crippen MR) is 116 cm³/mol. The van der Waals surface area contributed by atoms with Crippen LogP contribution < -0.4 is 5.32 Å². The summed E-state index contributed by atoms with van der Waals surface area (Å²) in [6.07, 6.45) is 8.50. The lowest BCUT2D eigenvalue weighted by molar-refractivity contribution is -0.0749. The number of piperidine rings is 1. The smallest absolute Gasteiger partial charge is 0.245 e. The zero-order valence-corrected chi connectivity index (χ0v) is 18.5. The third kappa shape index (κ3) is 4.49. The molecule has 2 fully saturated rings. The van der Waals surface area contributed by atoms with Gasteiger partial charge >= 0.3 is 0 Å². The number of likely N-dealkylation sites (N-methyl/N-ethyl adjacent to an activating group) is 1. The molecule has 1 N–H and O–H groups in total. The summed E-state index contributed by atoms with van der Waals surface area (Å²) in [7, 11) is -3.69. The topological polar surface area (TPSA) is 61.9 Å². The van der Waals surface area contributed by atoms with Crippen LogP contribution >= 0.6 is 11.6 Å². The number of halogens is 1. The van der Waals surface area contributed by atoms with E-state index in [9.17, 15) is 8.42 Å². The van der Waals surface area contributed by atoms with Crippen LogP contribution in [0, 0.1) is 0 Å². The Kier molecular flexibility index (Phi) is 6.51. The van der Waals surface area contributed by atoms with Crippen LogP contribution in [0.2, 0.25) is 5.02 Å². The molecule has 160 valence electrons. The summed E-state index contributed by atoms with van der Waals surface area (Å²) >= 11 is 6.48. The molecule has 0 spiro atoms. The van der Waals surface area contributed by atoms with Crippen molar-refractivity contribution in [3.05, 3.63) is 35.4 Å². The molecule has 2 saturated heterocycles. The third-order valence-corrected chi connectivity index (χ3v) is 8.60. The molecule has 1 aliphatic carbocycles. The van der Waals surface area contributed by atoms with Crippen LogP contribution in [0.4, 0.5) is 5.69 Å². The Labute approximate surface area is 178 Å². The molecule has 1 unspecified atom stereocenters. The highest BCUT2D eigenvalue weighted by atomic mass is 35.5. The number of benzene rings is 1. The van der Waals surface area contributed by atoms with Gasteiger partial charge in [0.2, 0.25) is 10.0 Å². The molecule has 2 aliphatic heterocycles. The largest absolute Gasteiger partial charge is 0.379 e. The van der Waals surface area contributed by atoms with Crippen LogP contribution in [0.15, 0.2) is 35.2 Å². The van der Waals surface area contributed by atoms with Crippen molar-refractivity contribution in [1.29, 1.82) is 0 Å². The normalized spacial score (nSPS) is 28.8. The summed E-state index contributed by atoms with van der Waals surface area (Å²) in [5.41, 5.74) is 0.847. The van der Waals surface area contributed by atoms with E-state index in [-0.39, 0.29) is 28.1 Å². The van der Waals surface area contributed by atoms with Crippen molar-refractivity contribution in [3.63, 3.8) is 0 Å². The van der Waals surface area contributed by atoms with Gasteiger partial charge in [-0.25, -0.2) is 8.42 Å². The van der Waals surface area contributed by atoms with E-state index in [0.717, 1.165) is 44.5 Å². The van der Waals surface area contributed by atoms with Crippen LogP contribution in [0.25, 0.3) is 0 Å². The zero-order chi connectivity index (χ0) is 20.4. The quantitative estimate of drug-likeness (QED) is 0.713. The molecule has 0 saturated carbocycles. The number of morpholine rings is 1. The molecule has 3 atom stereocenters. The lowest BCUT2D eigenvalue weighted by Gasteiger charge is -2.46. The van der Waals surface area contributed by atoms with Gasteiger partial charge in [0.1, 0.15) is 4.90 Å². The number of ether oxygens (including phenoxy) is 1. The minimum absolute atomic E-state index is 0.0425. The second kappa shape index (κ2) is 8.94. The lowest BCUT2D eigenvalue weighted by Crippen LogP contribution is -2.61. The van der Waals surface area contributed by atoms with Gasteiger partial charge in [0, 0.05) is 31.4 Å². The Morgan fingerprint density at radius 2 is 2.14 bits per heavy atom. The Balaban J connectivity index is 1.55. The second-order valence-corrected chi connectivity index (χ2v) is 10.3. The van der Waals surface area contributed by atoms with Gasteiger partial charge in [-0.1, -0.05) is 30.7 Å². The number of allylic oxidation sites excluding steroid dienone is 1. The van der Waals surface area contributed by atoms with Gasteiger partial charge in [0.25, 0.3) is 0 Å². The van der Waals surface area contributed by atoms with E-state index in [1.165, 1.54) is 0 Å². The van der Waals surface area contributed by atoms with E-state index >= 15 is 0 Å². The lowest BCUT2D eigenvalue weighted by atomic mass is 10.0. The van der Waals surface area contributed by atoms with Gasteiger partial charge in [-0.15, -0.1) is 0 Å². The predicted octanol–water partition coefficient (Wildman–Crippen LogP) is 3.34. The number of likely N-dealkylation sites (tertiary alicyclic amines) is 1. The molecule has 29 heavy (non-hydrogen) atoms. The summed E-state index contributed by atoms with van der Waals surface area (Å²) in [6.45, 7) is 5.46. The molecule has 4 rings (SSSR count). The minimum Gasteiger partial charge on any atom is -0.379 e. The molecule has 3 aliphatic rings. The SMILES string of the molecule is CCN1CC[C@@H]2OCCN(S(=O)(=O)c3ccc(NC4C=CCCC4)cc3Cl)[C@@H]2C1. The average Bonchev–Trinajstić information content (AvgIpc) is 2.73. The number of hydrogen-bond donors (Lipinski definition) is 1. The Morgan fingerprint density at radius 1 is 1.28 bits per heavy atom. The van der Waals surface area contributed by atoms with Crippen molar-refractivity contribution in [1.82, 2.24) is 9.21 Å². The molecule has 0 bridgehead atoms. The molecule has 8 heteroatoms. The summed E-state index contributed by atoms with van der Waals surface area (Å²) in [6, 6.07) is 5.29. The summed E-state index contributed by atoms with van der Waals surface area (Å²) in [4.78, 5) is 2.46.